The lowest BCUT2D eigenvalue weighted by atomic mass is 10.0. The molecule has 4 aromatic rings. The molecule has 0 fully saturated rings. The molecule has 172 valence electrons. The Morgan fingerprint density at radius 2 is 0.545 bits per heavy atom. The van der Waals surface area contributed by atoms with E-state index in [0.29, 0.717) is 0 Å². The van der Waals surface area contributed by atoms with Crippen molar-refractivity contribution in [2.45, 2.75) is 27.7 Å². The van der Waals surface area contributed by atoms with Crippen LogP contribution in [0.5, 0.6) is 0 Å². The van der Waals surface area contributed by atoms with Gasteiger partial charge in [-0.2, -0.15) is 13.5 Å². The van der Waals surface area contributed by atoms with Gasteiger partial charge in [-0.3, -0.25) is 0 Å². The van der Waals surface area contributed by atoms with Crippen LogP contribution in [0.4, 0.5) is 22.7 Å². The molecule has 0 unspecified atom stereocenters. The van der Waals surface area contributed by atoms with Gasteiger partial charge in [0.05, 0.1) is 0 Å². The summed E-state index contributed by atoms with van der Waals surface area (Å²) < 4.78 is 0. The van der Waals surface area contributed by atoms with E-state index in [9.17, 15) is 0 Å². The molecule has 0 spiro atoms. The van der Waals surface area contributed by atoms with Crippen molar-refractivity contribution in [2.24, 2.45) is 0 Å². The van der Waals surface area contributed by atoms with E-state index in [1.54, 1.807) is 0 Å². The summed E-state index contributed by atoms with van der Waals surface area (Å²) in [6.07, 6.45) is 0. The summed E-state index contributed by atoms with van der Waals surface area (Å²) >= 11 is 0. The lowest BCUT2D eigenvalue weighted by molar-refractivity contribution is 1.44. The Morgan fingerprint density at radius 3 is 0.697 bits per heavy atom. The number of anilines is 4. The van der Waals surface area contributed by atoms with Crippen LogP contribution in [0.15, 0.2) is 72.8 Å². The first-order valence-electron chi connectivity index (χ1n) is 10.6. The zero-order valence-corrected chi connectivity index (χ0v) is 20.7. The van der Waals surface area contributed by atoms with Gasteiger partial charge in [-0.1, -0.05) is 24.3 Å². The van der Waals surface area contributed by atoms with E-state index in [1.807, 2.05) is 76.2 Å². The molecule has 0 aliphatic heterocycles. The van der Waals surface area contributed by atoms with Crippen LogP contribution in [-0.2, 0) is 0 Å². The highest BCUT2D eigenvalue weighted by atomic mass is 32.1. The van der Waals surface area contributed by atoms with Gasteiger partial charge in [-0.15, -0.1) is 0 Å². The first kappa shape index (κ1) is 25.7. The molecule has 0 radical (unpaired) electrons. The third kappa shape index (κ3) is 6.24. The lowest BCUT2D eigenvalue weighted by Crippen LogP contribution is -1.91. The van der Waals surface area contributed by atoms with Gasteiger partial charge < -0.3 is 22.9 Å². The second-order valence-corrected chi connectivity index (χ2v) is 8.29. The van der Waals surface area contributed by atoms with Crippen molar-refractivity contribution in [2.75, 3.05) is 22.9 Å². The number of rotatable bonds is 2. The number of hydrogen-bond acceptors (Lipinski definition) is 4. The van der Waals surface area contributed by atoms with Gasteiger partial charge in [0.25, 0.3) is 0 Å². The highest BCUT2D eigenvalue weighted by molar-refractivity contribution is 7.59. The van der Waals surface area contributed by atoms with Crippen molar-refractivity contribution < 1.29 is 0 Å². The summed E-state index contributed by atoms with van der Waals surface area (Å²) in [6.45, 7) is 8.07. The molecule has 0 bridgehead atoms. The SMILES string of the molecule is Cc1cc(-c2ccc(N)c(C)c2)ccc1N.Cc1cc(-c2ccc(N)c(C)c2)ccc1N.S. The molecule has 4 aromatic carbocycles. The van der Waals surface area contributed by atoms with Crippen LogP contribution >= 0.6 is 13.5 Å². The highest BCUT2D eigenvalue weighted by Gasteiger charge is 2.03. The highest BCUT2D eigenvalue weighted by Crippen LogP contribution is 2.27. The Hall–Kier alpha value is -3.57. The van der Waals surface area contributed by atoms with Gasteiger partial charge in [0.15, 0.2) is 0 Å². The van der Waals surface area contributed by atoms with E-state index >= 15 is 0 Å². The van der Waals surface area contributed by atoms with Crippen molar-refractivity contribution in [3.63, 3.8) is 0 Å². The minimum absolute atomic E-state index is 0. The topological polar surface area (TPSA) is 104 Å². The first-order chi connectivity index (χ1) is 15.2. The van der Waals surface area contributed by atoms with Crippen LogP contribution < -0.4 is 22.9 Å². The Bertz CT molecular complexity index is 1070. The molecular weight excluding hydrogens is 424 g/mol. The Labute approximate surface area is 204 Å². The van der Waals surface area contributed by atoms with Crippen LogP contribution in [0, 0.1) is 27.7 Å². The minimum Gasteiger partial charge on any atom is -0.399 e. The molecular formula is C28H34N4S. The number of hydrogen-bond donors (Lipinski definition) is 4. The Balaban J connectivity index is 0.000000227. The van der Waals surface area contributed by atoms with Crippen LogP contribution in [0.2, 0.25) is 0 Å². The number of benzene rings is 4. The summed E-state index contributed by atoms with van der Waals surface area (Å²) in [5.74, 6) is 0. The van der Waals surface area contributed by atoms with E-state index in [-0.39, 0.29) is 13.5 Å². The number of nitrogens with two attached hydrogens (primary N) is 4. The first-order valence-corrected chi connectivity index (χ1v) is 10.6. The van der Waals surface area contributed by atoms with Crippen LogP contribution in [0.25, 0.3) is 22.3 Å². The predicted molar refractivity (Wildman–Crippen MR) is 151 cm³/mol. The summed E-state index contributed by atoms with van der Waals surface area (Å²) in [5, 5.41) is 0. The maximum atomic E-state index is 5.80. The lowest BCUT2D eigenvalue weighted by Gasteiger charge is -2.07. The van der Waals surface area contributed by atoms with Gasteiger partial charge in [0, 0.05) is 22.7 Å². The molecule has 0 amide bonds. The third-order valence-electron chi connectivity index (χ3n) is 5.75. The Morgan fingerprint density at radius 1 is 0.364 bits per heavy atom. The largest absolute Gasteiger partial charge is 0.399 e. The molecule has 0 saturated carbocycles. The molecule has 4 rings (SSSR count). The van der Waals surface area contributed by atoms with Crippen molar-refractivity contribution in [3.05, 3.63) is 95.1 Å². The fraction of sp³-hybridized carbons (Fsp3) is 0.143. The molecule has 0 heterocycles. The summed E-state index contributed by atoms with van der Waals surface area (Å²) in [7, 11) is 0. The quantitative estimate of drug-likeness (QED) is 0.261. The second-order valence-electron chi connectivity index (χ2n) is 8.29. The molecule has 0 saturated heterocycles. The fourth-order valence-corrected chi connectivity index (χ4v) is 3.42. The fourth-order valence-electron chi connectivity index (χ4n) is 3.42. The van der Waals surface area contributed by atoms with Crippen molar-refractivity contribution in [1.29, 1.82) is 0 Å². The predicted octanol–water partition coefficient (Wildman–Crippen LogP) is 6.38. The average Bonchev–Trinajstić information content (AvgIpc) is 2.76. The zero-order valence-electron chi connectivity index (χ0n) is 19.7. The normalized spacial score (nSPS) is 10.1. The molecule has 5 heteroatoms. The van der Waals surface area contributed by atoms with Crippen molar-refractivity contribution in [1.82, 2.24) is 0 Å². The maximum Gasteiger partial charge on any atom is 0.0344 e. The van der Waals surface area contributed by atoms with E-state index < -0.39 is 0 Å². The average molecular weight is 459 g/mol. The van der Waals surface area contributed by atoms with Crippen LogP contribution in [0.1, 0.15) is 22.3 Å². The third-order valence-corrected chi connectivity index (χ3v) is 5.75. The van der Waals surface area contributed by atoms with Crippen molar-refractivity contribution >= 4 is 36.2 Å². The van der Waals surface area contributed by atoms with Gasteiger partial charge in [0.1, 0.15) is 0 Å². The zero-order chi connectivity index (χ0) is 23.4. The van der Waals surface area contributed by atoms with Gasteiger partial charge >= 0.3 is 0 Å². The molecule has 8 N–H and O–H groups in total. The molecule has 0 atom stereocenters. The monoisotopic (exact) mass is 458 g/mol. The molecule has 0 aromatic heterocycles. The summed E-state index contributed by atoms with van der Waals surface area (Å²) in [5.41, 5.74) is 35.6. The number of aryl methyl sites for hydroxylation is 4. The molecule has 0 aliphatic carbocycles. The van der Waals surface area contributed by atoms with E-state index in [0.717, 1.165) is 45.0 Å². The van der Waals surface area contributed by atoms with E-state index in [1.165, 1.54) is 22.3 Å². The summed E-state index contributed by atoms with van der Waals surface area (Å²) in [4.78, 5) is 0. The number of nitrogen functional groups attached to an aromatic ring is 4. The molecule has 0 aliphatic rings. The smallest absolute Gasteiger partial charge is 0.0344 e. The van der Waals surface area contributed by atoms with E-state index in [2.05, 4.69) is 24.3 Å². The van der Waals surface area contributed by atoms with Gasteiger partial charge in [0.2, 0.25) is 0 Å². The summed E-state index contributed by atoms with van der Waals surface area (Å²) in [6, 6.07) is 24.3. The standard InChI is InChI=1S/2C14H16N2.H2S/c2*1-9-7-11(3-5-13(9)15)12-4-6-14(16)10(2)8-12;/h2*3-8H,15-16H2,1-2H3;1H2. The minimum atomic E-state index is 0. The Kier molecular flexibility index (Phi) is 8.44. The molecule has 4 nitrogen and oxygen atoms in total. The molecule has 33 heavy (non-hydrogen) atoms. The van der Waals surface area contributed by atoms with Crippen molar-refractivity contribution in [3.8, 4) is 22.3 Å². The van der Waals surface area contributed by atoms with Gasteiger partial charge in [-0.25, -0.2) is 0 Å². The van der Waals surface area contributed by atoms with Gasteiger partial charge in [-0.05, 0) is 121 Å². The van der Waals surface area contributed by atoms with E-state index in [4.69, 9.17) is 22.9 Å². The second kappa shape index (κ2) is 10.8. The van der Waals surface area contributed by atoms with Crippen LogP contribution in [0.3, 0.4) is 0 Å². The van der Waals surface area contributed by atoms with Crippen LogP contribution in [-0.4, -0.2) is 0 Å². The maximum absolute atomic E-state index is 5.80.